The first kappa shape index (κ1) is 22.5. The van der Waals surface area contributed by atoms with Crippen LogP contribution in [0.3, 0.4) is 0 Å². The molecule has 1 unspecified atom stereocenters. The number of hydrogen-bond donors (Lipinski definition) is 2. The molecule has 0 aromatic heterocycles. The van der Waals surface area contributed by atoms with Crippen LogP contribution in [-0.4, -0.2) is 73.5 Å². The predicted molar refractivity (Wildman–Crippen MR) is 103 cm³/mol. The first-order valence-electron chi connectivity index (χ1n) is 9.01. The third-order valence-corrected chi connectivity index (χ3v) is 5.59. The smallest absolute Gasteiger partial charge is 0.234 e. The van der Waals surface area contributed by atoms with Crippen molar-refractivity contribution < 1.29 is 9.59 Å². The maximum Gasteiger partial charge on any atom is 0.234 e. The van der Waals surface area contributed by atoms with E-state index < -0.39 is 0 Å². The predicted octanol–water partition coefficient (Wildman–Crippen LogP) is 0.889. The quantitative estimate of drug-likeness (QED) is 0.742. The molecule has 146 valence electrons. The summed E-state index contributed by atoms with van der Waals surface area (Å²) in [5.74, 6) is 0.703. The van der Waals surface area contributed by atoms with Gasteiger partial charge in [-0.25, -0.2) is 0 Å². The second-order valence-corrected chi connectivity index (χ2v) is 7.69. The van der Waals surface area contributed by atoms with E-state index in [0.29, 0.717) is 17.9 Å². The van der Waals surface area contributed by atoms with Crippen LogP contribution in [0.1, 0.15) is 33.1 Å². The van der Waals surface area contributed by atoms with E-state index in [1.165, 1.54) is 0 Å². The number of carbonyl (C=O) groups excluding carboxylic acids is 2. The minimum absolute atomic E-state index is 0. The molecule has 2 N–H and O–H groups in total. The monoisotopic (exact) mass is 394 g/mol. The topological polar surface area (TPSA) is 64.7 Å². The Morgan fingerprint density at radius 1 is 1.12 bits per heavy atom. The SMILES string of the molecule is CC(C)NC(=O)CN1CCN(C(=O)C2CC23CCNCC3)CC1.Cl.Cl. The number of nitrogens with zero attached hydrogens (tertiary/aromatic N) is 2. The van der Waals surface area contributed by atoms with Gasteiger partial charge in [0.05, 0.1) is 6.54 Å². The molecule has 3 aliphatic rings. The van der Waals surface area contributed by atoms with Gasteiger partial charge >= 0.3 is 0 Å². The molecule has 25 heavy (non-hydrogen) atoms. The molecule has 6 nitrogen and oxygen atoms in total. The summed E-state index contributed by atoms with van der Waals surface area (Å²) in [7, 11) is 0. The molecule has 0 bridgehead atoms. The Kier molecular flexibility index (Phi) is 8.45. The molecule has 3 fully saturated rings. The summed E-state index contributed by atoms with van der Waals surface area (Å²) in [6.07, 6.45) is 3.39. The van der Waals surface area contributed by atoms with Crippen molar-refractivity contribution in [2.75, 3.05) is 45.8 Å². The highest BCUT2D eigenvalue weighted by atomic mass is 35.5. The molecule has 0 aromatic rings. The van der Waals surface area contributed by atoms with Crippen molar-refractivity contribution in [3.63, 3.8) is 0 Å². The molecule has 1 atom stereocenters. The van der Waals surface area contributed by atoms with E-state index in [9.17, 15) is 9.59 Å². The molecule has 2 amide bonds. The highest BCUT2D eigenvalue weighted by Crippen LogP contribution is 2.59. The van der Waals surface area contributed by atoms with E-state index in [4.69, 9.17) is 0 Å². The molecule has 0 aromatic carbocycles. The number of rotatable bonds is 4. The zero-order chi connectivity index (χ0) is 16.4. The van der Waals surface area contributed by atoms with Gasteiger partial charge in [-0.3, -0.25) is 14.5 Å². The lowest BCUT2D eigenvalue weighted by atomic mass is 9.91. The average molecular weight is 395 g/mol. The Bertz CT molecular complexity index is 462. The Morgan fingerprint density at radius 3 is 2.28 bits per heavy atom. The highest BCUT2D eigenvalue weighted by molar-refractivity contribution is 5.85. The van der Waals surface area contributed by atoms with Gasteiger partial charge < -0.3 is 15.5 Å². The van der Waals surface area contributed by atoms with Crippen LogP contribution in [0.15, 0.2) is 0 Å². The van der Waals surface area contributed by atoms with E-state index in [1.807, 2.05) is 18.7 Å². The summed E-state index contributed by atoms with van der Waals surface area (Å²) in [5.41, 5.74) is 0.316. The van der Waals surface area contributed by atoms with E-state index in [2.05, 4.69) is 15.5 Å². The van der Waals surface area contributed by atoms with Gasteiger partial charge in [-0.1, -0.05) is 0 Å². The molecular weight excluding hydrogens is 363 g/mol. The summed E-state index contributed by atoms with van der Waals surface area (Å²) in [6.45, 7) is 9.64. The van der Waals surface area contributed by atoms with Gasteiger partial charge in [0.25, 0.3) is 0 Å². The largest absolute Gasteiger partial charge is 0.353 e. The average Bonchev–Trinajstić information content (AvgIpc) is 3.20. The summed E-state index contributed by atoms with van der Waals surface area (Å²) in [4.78, 5) is 28.7. The van der Waals surface area contributed by atoms with Crippen molar-refractivity contribution in [1.82, 2.24) is 20.4 Å². The first-order valence-corrected chi connectivity index (χ1v) is 9.01. The fourth-order valence-electron chi connectivity index (χ4n) is 4.09. The van der Waals surface area contributed by atoms with E-state index in [-0.39, 0.29) is 42.7 Å². The third-order valence-electron chi connectivity index (χ3n) is 5.59. The number of halogens is 2. The van der Waals surface area contributed by atoms with Crippen LogP contribution in [0, 0.1) is 11.3 Å². The van der Waals surface area contributed by atoms with Crippen LogP contribution in [0.5, 0.6) is 0 Å². The maximum absolute atomic E-state index is 12.7. The van der Waals surface area contributed by atoms with Crippen LogP contribution in [0.25, 0.3) is 0 Å². The molecule has 1 aliphatic carbocycles. The van der Waals surface area contributed by atoms with Crippen molar-refractivity contribution in [3.05, 3.63) is 0 Å². The zero-order valence-corrected chi connectivity index (χ0v) is 16.9. The second-order valence-electron chi connectivity index (χ2n) is 7.69. The van der Waals surface area contributed by atoms with Crippen LogP contribution < -0.4 is 10.6 Å². The lowest BCUT2D eigenvalue weighted by molar-refractivity contribution is -0.135. The minimum atomic E-state index is 0. The number of nitrogens with one attached hydrogen (secondary N) is 2. The summed E-state index contributed by atoms with van der Waals surface area (Å²) < 4.78 is 0. The third kappa shape index (κ3) is 5.46. The Morgan fingerprint density at radius 2 is 1.72 bits per heavy atom. The van der Waals surface area contributed by atoms with Crippen molar-refractivity contribution in [2.45, 2.75) is 39.2 Å². The summed E-state index contributed by atoms with van der Waals surface area (Å²) >= 11 is 0. The first-order chi connectivity index (χ1) is 11.0. The van der Waals surface area contributed by atoms with Crippen LogP contribution >= 0.6 is 24.8 Å². The molecule has 8 heteroatoms. The van der Waals surface area contributed by atoms with E-state index in [0.717, 1.165) is 58.5 Å². The van der Waals surface area contributed by atoms with Gasteiger partial charge in [-0.2, -0.15) is 0 Å². The lowest BCUT2D eigenvalue weighted by Gasteiger charge is -2.35. The molecular formula is C17H32Cl2N4O2. The Balaban J connectivity index is 0.00000156. The summed E-state index contributed by atoms with van der Waals surface area (Å²) in [5, 5.41) is 6.31. The highest BCUT2D eigenvalue weighted by Gasteiger charge is 2.58. The van der Waals surface area contributed by atoms with Crippen molar-refractivity contribution >= 4 is 36.6 Å². The van der Waals surface area contributed by atoms with Gasteiger partial charge in [-0.15, -0.1) is 24.8 Å². The van der Waals surface area contributed by atoms with Gasteiger partial charge in [0, 0.05) is 38.1 Å². The fourth-order valence-corrected chi connectivity index (χ4v) is 4.09. The number of piperidine rings is 1. The van der Waals surface area contributed by atoms with Crippen molar-refractivity contribution in [1.29, 1.82) is 0 Å². The van der Waals surface area contributed by atoms with E-state index >= 15 is 0 Å². The van der Waals surface area contributed by atoms with Crippen LogP contribution in [0.2, 0.25) is 0 Å². The molecule has 1 saturated carbocycles. The normalized spacial score (nSPS) is 25.1. The lowest BCUT2D eigenvalue weighted by Crippen LogP contribution is -2.52. The molecule has 2 heterocycles. The van der Waals surface area contributed by atoms with Gasteiger partial charge in [0.1, 0.15) is 0 Å². The van der Waals surface area contributed by atoms with E-state index in [1.54, 1.807) is 0 Å². The number of amides is 2. The molecule has 2 aliphatic heterocycles. The minimum Gasteiger partial charge on any atom is -0.353 e. The Hall–Kier alpha value is -0.560. The van der Waals surface area contributed by atoms with Crippen LogP contribution in [-0.2, 0) is 9.59 Å². The molecule has 0 radical (unpaired) electrons. The Labute approximate surface area is 163 Å². The fraction of sp³-hybridized carbons (Fsp3) is 0.882. The molecule has 2 saturated heterocycles. The number of piperazine rings is 1. The van der Waals surface area contributed by atoms with Crippen molar-refractivity contribution in [3.8, 4) is 0 Å². The molecule has 3 rings (SSSR count). The number of carbonyl (C=O) groups is 2. The zero-order valence-electron chi connectivity index (χ0n) is 15.3. The molecule has 1 spiro atoms. The van der Waals surface area contributed by atoms with Gasteiger partial charge in [-0.05, 0) is 51.6 Å². The van der Waals surface area contributed by atoms with Gasteiger partial charge in [0.15, 0.2) is 0 Å². The number of hydrogen-bond acceptors (Lipinski definition) is 4. The maximum atomic E-state index is 12.7. The standard InChI is InChI=1S/C17H30N4O2.2ClH/c1-13(2)19-15(22)12-20-7-9-21(10-8-20)16(23)14-11-17(14)3-5-18-6-4-17;;/h13-14,18H,3-12H2,1-2H3,(H,19,22);2*1H. The second kappa shape index (κ2) is 9.40. The summed E-state index contributed by atoms with van der Waals surface area (Å²) in [6, 6.07) is 0.182. The van der Waals surface area contributed by atoms with Gasteiger partial charge in [0.2, 0.25) is 11.8 Å². The van der Waals surface area contributed by atoms with Crippen LogP contribution in [0.4, 0.5) is 0 Å². The van der Waals surface area contributed by atoms with Crippen molar-refractivity contribution in [2.24, 2.45) is 11.3 Å².